The second kappa shape index (κ2) is 7.71. The van der Waals surface area contributed by atoms with Crippen LogP contribution in [0.1, 0.15) is 27.4 Å². The van der Waals surface area contributed by atoms with Gasteiger partial charge in [0.05, 0.1) is 0 Å². The van der Waals surface area contributed by atoms with E-state index in [0.29, 0.717) is 0 Å². The molecule has 0 aliphatic carbocycles. The molecule has 0 radical (unpaired) electrons. The first-order valence-electron chi connectivity index (χ1n) is 7.99. The Morgan fingerprint density at radius 2 is 1.24 bits per heavy atom. The van der Waals surface area contributed by atoms with Crippen molar-refractivity contribution in [3.8, 4) is 0 Å². The Balaban J connectivity index is 1.83. The minimum Gasteiger partial charge on any atom is -0.351 e. The minimum atomic E-state index is -0.867. The molecule has 0 aromatic heterocycles. The molecule has 0 fully saturated rings. The van der Waals surface area contributed by atoms with E-state index in [1.54, 1.807) is 0 Å². The van der Waals surface area contributed by atoms with Gasteiger partial charge in [0.25, 0.3) is 5.91 Å². The van der Waals surface area contributed by atoms with Crippen LogP contribution in [0.15, 0.2) is 78.9 Å². The fourth-order valence-corrected chi connectivity index (χ4v) is 2.80. The quantitative estimate of drug-likeness (QED) is 0.728. The molecule has 0 spiro atoms. The molecule has 0 aliphatic heterocycles. The Hall–Kier alpha value is -3.01. The third-order valence-electron chi connectivity index (χ3n) is 4.06. The molecule has 3 aromatic rings. The van der Waals surface area contributed by atoms with E-state index in [1.807, 2.05) is 60.7 Å². The summed E-state index contributed by atoms with van der Waals surface area (Å²) in [5.41, 5.74) is 1.48. The SMILES string of the molecule is O=C(NCC(c1ccccc1)c1ccccc1)c1c(F)cccc1F. The topological polar surface area (TPSA) is 29.1 Å². The Morgan fingerprint density at radius 3 is 1.72 bits per heavy atom. The Labute approximate surface area is 145 Å². The van der Waals surface area contributed by atoms with E-state index < -0.39 is 23.1 Å². The molecule has 0 unspecified atom stereocenters. The molecule has 0 saturated heterocycles. The van der Waals surface area contributed by atoms with Gasteiger partial charge >= 0.3 is 0 Å². The molecule has 3 rings (SSSR count). The van der Waals surface area contributed by atoms with Crippen molar-refractivity contribution in [3.63, 3.8) is 0 Å². The zero-order valence-corrected chi connectivity index (χ0v) is 13.5. The maximum absolute atomic E-state index is 13.8. The molecule has 1 N–H and O–H groups in total. The van der Waals surface area contributed by atoms with Crippen molar-refractivity contribution < 1.29 is 13.6 Å². The van der Waals surface area contributed by atoms with E-state index in [2.05, 4.69) is 5.32 Å². The number of benzene rings is 3. The highest BCUT2D eigenvalue weighted by Crippen LogP contribution is 2.24. The lowest BCUT2D eigenvalue weighted by molar-refractivity contribution is 0.0944. The molecular weight excluding hydrogens is 320 g/mol. The van der Waals surface area contributed by atoms with Crippen LogP contribution in [-0.4, -0.2) is 12.5 Å². The lowest BCUT2D eigenvalue weighted by Crippen LogP contribution is -2.30. The van der Waals surface area contributed by atoms with Crippen molar-refractivity contribution in [1.29, 1.82) is 0 Å². The number of halogens is 2. The van der Waals surface area contributed by atoms with Crippen LogP contribution < -0.4 is 5.32 Å². The van der Waals surface area contributed by atoms with Crippen molar-refractivity contribution in [3.05, 3.63) is 107 Å². The van der Waals surface area contributed by atoms with Gasteiger partial charge in [-0.2, -0.15) is 0 Å². The molecule has 0 saturated carbocycles. The summed E-state index contributed by atoms with van der Waals surface area (Å²) in [5.74, 6) is -2.60. The third kappa shape index (κ3) is 3.91. The van der Waals surface area contributed by atoms with Crippen LogP contribution in [0.4, 0.5) is 8.78 Å². The van der Waals surface area contributed by atoms with E-state index in [1.165, 1.54) is 6.07 Å². The van der Waals surface area contributed by atoms with Crippen molar-refractivity contribution >= 4 is 5.91 Å². The Kier molecular flexibility index (Phi) is 5.19. The molecule has 0 aliphatic rings. The maximum Gasteiger partial charge on any atom is 0.257 e. The number of rotatable bonds is 5. The number of hydrogen-bond acceptors (Lipinski definition) is 1. The van der Waals surface area contributed by atoms with E-state index in [9.17, 15) is 13.6 Å². The summed E-state index contributed by atoms with van der Waals surface area (Å²) in [5, 5.41) is 2.66. The number of carbonyl (C=O) groups excluding carboxylic acids is 1. The predicted molar refractivity (Wildman–Crippen MR) is 93.4 cm³/mol. The first kappa shape index (κ1) is 16.8. The van der Waals surface area contributed by atoms with Gasteiger partial charge < -0.3 is 5.32 Å². The van der Waals surface area contributed by atoms with Gasteiger partial charge in [-0.05, 0) is 23.3 Å². The normalized spacial score (nSPS) is 10.7. The smallest absolute Gasteiger partial charge is 0.257 e. The van der Waals surface area contributed by atoms with Crippen LogP contribution >= 0.6 is 0 Å². The van der Waals surface area contributed by atoms with Crippen LogP contribution in [0.3, 0.4) is 0 Å². The Bertz CT molecular complexity index is 791. The van der Waals surface area contributed by atoms with E-state index in [0.717, 1.165) is 23.3 Å². The zero-order chi connectivity index (χ0) is 17.6. The van der Waals surface area contributed by atoms with Crippen LogP contribution in [0.2, 0.25) is 0 Å². The molecule has 0 bridgehead atoms. The number of amides is 1. The van der Waals surface area contributed by atoms with Gasteiger partial charge in [-0.25, -0.2) is 8.78 Å². The standard InChI is InChI=1S/C21H17F2NO/c22-18-12-7-13-19(23)20(18)21(25)24-14-17(15-8-3-1-4-9-15)16-10-5-2-6-11-16/h1-13,17H,14H2,(H,24,25). The van der Waals surface area contributed by atoms with Gasteiger partial charge in [-0.15, -0.1) is 0 Å². The summed E-state index contributed by atoms with van der Waals surface area (Å²) in [6, 6.07) is 22.8. The minimum absolute atomic E-state index is 0.110. The van der Waals surface area contributed by atoms with Gasteiger partial charge in [0.2, 0.25) is 0 Å². The molecule has 0 atom stereocenters. The van der Waals surface area contributed by atoms with Crippen molar-refractivity contribution in [2.24, 2.45) is 0 Å². The number of hydrogen-bond donors (Lipinski definition) is 1. The van der Waals surface area contributed by atoms with Crippen molar-refractivity contribution in [2.75, 3.05) is 6.54 Å². The lowest BCUT2D eigenvalue weighted by Gasteiger charge is -2.19. The molecular formula is C21H17F2NO. The highest BCUT2D eigenvalue weighted by molar-refractivity contribution is 5.94. The first-order valence-corrected chi connectivity index (χ1v) is 7.99. The first-order chi connectivity index (χ1) is 12.2. The van der Waals surface area contributed by atoms with E-state index in [-0.39, 0.29) is 12.5 Å². The third-order valence-corrected chi connectivity index (χ3v) is 4.06. The highest BCUT2D eigenvalue weighted by atomic mass is 19.1. The zero-order valence-electron chi connectivity index (χ0n) is 13.5. The molecule has 0 heterocycles. The predicted octanol–water partition coefficient (Wildman–Crippen LogP) is 4.53. The summed E-state index contributed by atoms with van der Waals surface area (Å²) in [7, 11) is 0. The average Bonchev–Trinajstić information content (AvgIpc) is 2.63. The highest BCUT2D eigenvalue weighted by Gasteiger charge is 2.20. The summed E-state index contributed by atoms with van der Waals surface area (Å²) < 4.78 is 27.5. The molecule has 126 valence electrons. The fraction of sp³-hybridized carbons (Fsp3) is 0.0952. The maximum atomic E-state index is 13.8. The molecule has 2 nitrogen and oxygen atoms in total. The largest absolute Gasteiger partial charge is 0.351 e. The van der Waals surface area contributed by atoms with Gasteiger partial charge in [-0.3, -0.25) is 4.79 Å². The summed E-state index contributed by atoms with van der Waals surface area (Å²) in [6.45, 7) is 0.237. The Morgan fingerprint density at radius 1 is 0.760 bits per heavy atom. The average molecular weight is 337 g/mol. The van der Waals surface area contributed by atoms with E-state index >= 15 is 0 Å². The lowest BCUT2D eigenvalue weighted by atomic mass is 9.91. The van der Waals surface area contributed by atoms with Gasteiger partial charge in [0.1, 0.15) is 17.2 Å². The van der Waals surface area contributed by atoms with Crippen LogP contribution in [0, 0.1) is 11.6 Å². The summed E-state index contributed by atoms with van der Waals surface area (Å²) in [6.07, 6.45) is 0. The van der Waals surface area contributed by atoms with Crippen molar-refractivity contribution in [2.45, 2.75) is 5.92 Å². The molecule has 25 heavy (non-hydrogen) atoms. The van der Waals surface area contributed by atoms with Gasteiger partial charge in [-0.1, -0.05) is 66.7 Å². The molecule has 1 amide bonds. The fourth-order valence-electron chi connectivity index (χ4n) is 2.80. The summed E-state index contributed by atoms with van der Waals surface area (Å²) >= 11 is 0. The van der Waals surface area contributed by atoms with E-state index in [4.69, 9.17) is 0 Å². The van der Waals surface area contributed by atoms with Gasteiger partial charge in [0, 0.05) is 12.5 Å². The second-order valence-corrected chi connectivity index (χ2v) is 5.68. The number of carbonyl (C=O) groups is 1. The van der Waals surface area contributed by atoms with Crippen molar-refractivity contribution in [1.82, 2.24) is 5.32 Å². The summed E-state index contributed by atoms with van der Waals surface area (Å²) in [4.78, 5) is 12.3. The monoisotopic (exact) mass is 337 g/mol. The second-order valence-electron chi connectivity index (χ2n) is 5.68. The number of nitrogens with one attached hydrogen (secondary N) is 1. The molecule has 4 heteroatoms. The van der Waals surface area contributed by atoms with Crippen LogP contribution in [-0.2, 0) is 0 Å². The van der Waals surface area contributed by atoms with Crippen LogP contribution in [0.5, 0.6) is 0 Å². The van der Waals surface area contributed by atoms with Crippen LogP contribution in [0.25, 0.3) is 0 Å². The van der Waals surface area contributed by atoms with Gasteiger partial charge in [0.15, 0.2) is 0 Å². The molecule has 3 aromatic carbocycles.